The van der Waals surface area contributed by atoms with Gasteiger partial charge in [-0.1, -0.05) is 18.2 Å². The summed E-state index contributed by atoms with van der Waals surface area (Å²) in [6.45, 7) is 2.26. The maximum absolute atomic E-state index is 12.5. The highest BCUT2D eigenvalue weighted by Gasteiger charge is 2.16. The molecule has 0 aliphatic carbocycles. The van der Waals surface area contributed by atoms with E-state index < -0.39 is 10.7 Å². The molecule has 0 saturated carbocycles. The maximum Gasteiger partial charge on any atom is 0.270 e. The smallest absolute Gasteiger partial charge is 0.270 e. The maximum atomic E-state index is 12.5. The molecule has 132 valence electrons. The fourth-order valence-corrected chi connectivity index (χ4v) is 2.28. The zero-order valence-electron chi connectivity index (χ0n) is 14.3. The van der Waals surface area contributed by atoms with Crippen molar-refractivity contribution in [1.82, 2.24) is 0 Å². The van der Waals surface area contributed by atoms with Crippen LogP contribution in [0.2, 0.25) is 0 Å². The molecule has 0 atom stereocenters. The molecule has 0 aliphatic rings. The highest BCUT2D eigenvalue weighted by molar-refractivity contribution is 6.14. The van der Waals surface area contributed by atoms with Crippen LogP contribution in [-0.4, -0.2) is 24.4 Å². The molecular formula is C19H16N2O5. The number of nitriles is 1. The van der Waals surface area contributed by atoms with Crippen molar-refractivity contribution in [3.05, 3.63) is 69.3 Å². The molecule has 0 saturated heterocycles. The van der Waals surface area contributed by atoms with Crippen LogP contribution in [0, 0.1) is 21.4 Å². The number of ketones is 1. The van der Waals surface area contributed by atoms with Crippen LogP contribution < -0.4 is 9.47 Å². The Morgan fingerprint density at radius 3 is 2.65 bits per heavy atom. The molecule has 7 heteroatoms. The topological polar surface area (TPSA) is 102 Å². The molecule has 0 spiro atoms. The summed E-state index contributed by atoms with van der Waals surface area (Å²) in [5, 5.41) is 20.2. The number of nitro groups is 1. The summed E-state index contributed by atoms with van der Waals surface area (Å²) < 4.78 is 10.7. The third-order valence-electron chi connectivity index (χ3n) is 3.48. The third kappa shape index (κ3) is 4.24. The van der Waals surface area contributed by atoms with Gasteiger partial charge in [-0.3, -0.25) is 14.9 Å². The van der Waals surface area contributed by atoms with E-state index in [-0.39, 0.29) is 16.8 Å². The van der Waals surface area contributed by atoms with E-state index in [1.165, 1.54) is 31.4 Å². The predicted octanol–water partition coefficient (Wildman–Crippen LogP) is 3.79. The van der Waals surface area contributed by atoms with Crippen LogP contribution >= 0.6 is 0 Å². The Kier molecular flexibility index (Phi) is 6.06. The van der Waals surface area contributed by atoms with Crippen molar-refractivity contribution < 1.29 is 19.2 Å². The van der Waals surface area contributed by atoms with Gasteiger partial charge in [0.2, 0.25) is 5.78 Å². The molecule has 2 aromatic rings. The lowest BCUT2D eigenvalue weighted by atomic mass is 10.0. The number of non-ortho nitro benzene ring substituents is 1. The van der Waals surface area contributed by atoms with Crippen LogP contribution in [0.5, 0.6) is 11.5 Å². The Morgan fingerprint density at radius 2 is 2.04 bits per heavy atom. The van der Waals surface area contributed by atoms with Crippen molar-refractivity contribution >= 4 is 17.5 Å². The van der Waals surface area contributed by atoms with E-state index in [4.69, 9.17) is 9.47 Å². The van der Waals surface area contributed by atoms with E-state index in [0.717, 1.165) is 6.07 Å². The van der Waals surface area contributed by atoms with E-state index in [1.54, 1.807) is 18.2 Å². The minimum absolute atomic E-state index is 0.0746. The van der Waals surface area contributed by atoms with Crippen LogP contribution in [0.15, 0.2) is 48.0 Å². The molecule has 0 amide bonds. The zero-order valence-corrected chi connectivity index (χ0v) is 14.3. The van der Waals surface area contributed by atoms with E-state index in [9.17, 15) is 20.2 Å². The Balaban J connectivity index is 2.40. The molecule has 0 aliphatic heterocycles. The molecule has 0 radical (unpaired) electrons. The minimum atomic E-state index is -0.593. The summed E-state index contributed by atoms with van der Waals surface area (Å²) in [7, 11) is 1.51. The zero-order chi connectivity index (χ0) is 19.1. The molecule has 2 rings (SSSR count). The summed E-state index contributed by atoms with van der Waals surface area (Å²) in [6.07, 6.45) is 1.41. The van der Waals surface area contributed by atoms with Gasteiger partial charge >= 0.3 is 0 Å². The molecule has 0 N–H and O–H groups in total. The Bertz CT molecular complexity index is 912. The number of benzene rings is 2. The number of carbonyl (C=O) groups excluding carboxylic acids is 1. The van der Waals surface area contributed by atoms with Crippen molar-refractivity contribution in [3.63, 3.8) is 0 Å². The fraction of sp³-hybridized carbons (Fsp3) is 0.158. The Labute approximate surface area is 150 Å². The monoisotopic (exact) mass is 352 g/mol. The van der Waals surface area contributed by atoms with Gasteiger partial charge in [0, 0.05) is 17.7 Å². The van der Waals surface area contributed by atoms with E-state index in [2.05, 4.69) is 0 Å². The molecule has 2 aromatic carbocycles. The van der Waals surface area contributed by atoms with Crippen molar-refractivity contribution in [3.8, 4) is 17.6 Å². The number of hydrogen-bond acceptors (Lipinski definition) is 6. The van der Waals surface area contributed by atoms with Gasteiger partial charge in [0.15, 0.2) is 11.5 Å². The van der Waals surface area contributed by atoms with Crippen LogP contribution in [-0.2, 0) is 0 Å². The lowest BCUT2D eigenvalue weighted by molar-refractivity contribution is -0.384. The standard InChI is InChI=1S/C19H16N2O5/c1-3-26-18-10-13(7-8-17(18)25-2)9-15(12-20)19(22)14-5-4-6-16(11-14)21(23)24/h4-11H,3H2,1-2H3/b15-9+. The number of carbonyl (C=O) groups is 1. The summed E-state index contributed by atoms with van der Waals surface area (Å²) in [5.41, 5.74) is 0.296. The highest BCUT2D eigenvalue weighted by Crippen LogP contribution is 2.29. The molecule has 26 heavy (non-hydrogen) atoms. The number of allylic oxidation sites excluding steroid dienone is 1. The highest BCUT2D eigenvalue weighted by atomic mass is 16.6. The molecule has 7 nitrogen and oxygen atoms in total. The molecule has 0 unspecified atom stereocenters. The normalized spacial score (nSPS) is 10.7. The van der Waals surface area contributed by atoms with Gasteiger partial charge in [-0.15, -0.1) is 0 Å². The molecule has 0 fully saturated rings. The number of nitro benzene ring substituents is 1. The van der Waals surface area contributed by atoms with Gasteiger partial charge in [0.25, 0.3) is 5.69 Å². The second-order valence-corrected chi connectivity index (χ2v) is 5.15. The van der Waals surface area contributed by atoms with E-state index in [0.29, 0.717) is 23.7 Å². The number of hydrogen-bond donors (Lipinski definition) is 0. The quantitative estimate of drug-likeness (QED) is 0.247. The third-order valence-corrected chi connectivity index (χ3v) is 3.48. The number of ether oxygens (including phenoxy) is 2. The lowest BCUT2D eigenvalue weighted by Gasteiger charge is -2.09. The summed E-state index contributed by atoms with van der Waals surface area (Å²) in [5.74, 6) is 0.432. The van der Waals surface area contributed by atoms with Gasteiger partial charge in [-0.05, 0) is 30.7 Å². The van der Waals surface area contributed by atoms with Gasteiger partial charge in [-0.2, -0.15) is 5.26 Å². The first-order valence-corrected chi connectivity index (χ1v) is 7.72. The lowest BCUT2D eigenvalue weighted by Crippen LogP contribution is -2.03. The number of methoxy groups -OCH3 is 1. The predicted molar refractivity (Wildman–Crippen MR) is 95.2 cm³/mol. The van der Waals surface area contributed by atoms with Gasteiger partial charge in [0.05, 0.1) is 18.6 Å². The first-order valence-electron chi connectivity index (χ1n) is 7.72. The van der Waals surface area contributed by atoms with Crippen LogP contribution in [0.4, 0.5) is 5.69 Å². The van der Waals surface area contributed by atoms with Crippen LogP contribution in [0.3, 0.4) is 0 Å². The van der Waals surface area contributed by atoms with Crippen molar-refractivity contribution in [2.45, 2.75) is 6.92 Å². The van der Waals surface area contributed by atoms with Crippen molar-refractivity contribution in [2.24, 2.45) is 0 Å². The molecule has 0 bridgehead atoms. The van der Waals surface area contributed by atoms with Crippen LogP contribution in [0.25, 0.3) is 6.08 Å². The number of Topliss-reactive ketones (excluding diaryl/α,β-unsaturated/α-hetero) is 1. The molecule has 0 heterocycles. The largest absolute Gasteiger partial charge is 0.493 e. The van der Waals surface area contributed by atoms with Crippen LogP contribution in [0.1, 0.15) is 22.8 Å². The second kappa shape index (κ2) is 8.44. The number of rotatable bonds is 7. The Morgan fingerprint density at radius 1 is 1.27 bits per heavy atom. The first kappa shape index (κ1) is 18.7. The van der Waals surface area contributed by atoms with E-state index in [1.807, 2.05) is 13.0 Å². The molecule has 0 aromatic heterocycles. The van der Waals surface area contributed by atoms with Gasteiger partial charge < -0.3 is 9.47 Å². The second-order valence-electron chi connectivity index (χ2n) is 5.15. The van der Waals surface area contributed by atoms with Gasteiger partial charge in [0.1, 0.15) is 11.6 Å². The molecular weight excluding hydrogens is 336 g/mol. The minimum Gasteiger partial charge on any atom is -0.493 e. The van der Waals surface area contributed by atoms with Crippen molar-refractivity contribution in [1.29, 1.82) is 5.26 Å². The SMILES string of the molecule is CCOc1cc(/C=C(\C#N)C(=O)c2cccc([N+](=O)[O-])c2)ccc1OC. The average molecular weight is 352 g/mol. The summed E-state index contributed by atoms with van der Waals surface area (Å²) in [4.78, 5) is 22.8. The summed E-state index contributed by atoms with van der Waals surface area (Å²) in [6, 6.07) is 12.1. The van der Waals surface area contributed by atoms with Gasteiger partial charge in [-0.25, -0.2) is 0 Å². The first-order chi connectivity index (χ1) is 12.5. The fourth-order valence-electron chi connectivity index (χ4n) is 2.28. The average Bonchev–Trinajstić information content (AvgIpc) is 2.66. The number of nitrogens with zero attached hydrogens (tertiary/aromatic N) is 2. The van der Waals surface area contributed by atoms with Crippen molar-refractivity contribution in [2.75, 3.05) is 13.7 Å². The summed E-state index contributed by atoms with van der Waals surface area (Å²) >= 11 is 0. The van der Waals surface area contributed by atoms with E-state index >= 15 is 0 Å². The Hall–Kier alpha value is -3.66.